The van der Waals surface area contributed by atoms with E-state index >= 15 is 0 Å². The molecule has 1 aromatic carbocycles. The minimum absolute atomic E-state index is 0.0832. The molecule has 8 heteroatoms. The standard InChI is InChI=1S/C20H24N4O4/c25-19(14-27-20-8-7-18(22-23-20)24-11-3-4-12-24)21-10-9-15-13-26-16-5-1-2-6-17(16)28-15/h1-2,5-8,15H,3-4,9-14H2,(H,21,25). The average Bonchev–Trinajstić information content (AvgIpc) is 3.27. The Morgan fingerprint density at radius 2 is 1.96 bits per heavy atom. The summed E-state index contributed by atoms with van der Waals surface area (Å²) < 4.78 is 16.9. The van der Waals surface area contributed by atoms with Crippen LogP contribution in [0.3, 0.4) is 0 Å². The highest BCUT2D eigenvalue weighted by Crippen LogP contribution is 2.31. The summed E-state index contributed by atoms with van der Waals surface area (Å²) in [4.78, 5) is 14.2. The molecule has 1 fully saturated rings. The molecule has 148 valence electrons. The number of hydrogen-bond acceptors (Lipinski definition) is 7. The largest absolute Gasteiger partial charge is 0.486 e. The highest BCUT2D eigenvalue weighted by molar-refractivity contribution is 5.77. The quantitative estimate of drug-likeness (QED) is 0.779. The number of ether oxygens (including phenoxy) is 3. The predicted octanol–water partition coefficient (Wildman–Crippen LogP) is 1.80. The minimum Gasteiger partial charge on any atom is -0.486 e. The highest BCUT2D eigenvalue weighted by Gasteiger charge is 2.20. The second-order valence-corrected chi connectivity index (χ2v) is 6.85. The summed E-state index contributed by atoms with van der Waals surface area (Å²) in [5.41, 5.74) is 0. The van der Waals surface area contributed by atoms with E-state index in [4.69, 9.17) is 14.2 Å². The third kappa shape index (κ3) is 4.62. The van der Waals surface area contributed by atoms with E-state index in [2.05, 4.69) is 20.4 Å². The molecular formula is C20H24N4O4. The third-order valence-corrected chi connectivity index (χ3v) is 4.76. The number of carbonyl (C=O) groups is 1. The highest BCUT2D eigenvalue weighted by atomic mass is 16.6. The van der Waals surface area contributed by atoms with Crippen LogP contribution in [0, 0.1) is 0 Å². The van der Waals surface area contributed by atoms with Crippen LogP contribution >= 0.6 is 0 Å². The van der Waals surface area contributed by atoms with Gasteiger partial charge in [-0.2, -0.15) is 0 Å². The van der Waals surface area contributed by atoms with Gasteiger partial charge < -0.3 is 24.4 Å². The van der Waals surface area contributed by atoms with Crippen LogP contribution in [0.15, 0.2) is 36.4 Å². The second-order valence-electron chi connectivity index (χ2n) is 6.85. The van der Waals surface area contributed by atoms with Crippen molar-refractivity contribution in [2.24, 2.45) is 0 Å². The van der Waals surface area contributed by atoms with Crippen molar-refractivity contribution >= 4 is 11.7 Å². The van der Waals surface area contributed by atoms with E-state index in [0.29, 0.717) is 25.5 Å². The molecule has 0 bridgehead atoms. The smallest absolute Gasteiger partial charge is 0.258 e. The summed E-state index contributed by atoms with van der Waals surface area (Å²) in [5.74, 6) is 2.49. The fourth-order valence-corrected chi connectivity index (χ4v) is 3.27. The number of nitrogens with zero attached hydrogens (tertiary/aromatic N) is 3. The molecule has 1 N–H and O–H groups in total. The summed E-state index contributed by atoms with van der Waals surface area (Å²) in [6.07, 6.45) is 2.94. The van der Waals surface area contributed by atoms with Crippen molar-refractivity contribution in [2.75, 3.05) is 37.7 Å². The van der Waals surface area contributed by atoms with Crippen molar-refractivity contribution in [3.63, 3.8) is 0 Å². The number of benzene rings is 1. The van der Waals surface area contributed by atoms with Gasteiger partial charge in [-0.3, -0.25) is 4.79 Å². The van der Waals surface area contributed by atoms with Gasteiger partial charge in [0.05, 0.1) is 0 Å². The fraction of sp³-hybridized carbons (Fsp3) is 0.450. The van der Waals surface area contributed by atoms with Gasteiger partial charge in [0.1, 0.15) is 12.7 Å². The van der Waals surface area contributed by atoms with Gasteiger partial charge in [0, 0.05) is 32.1 Å². The van der Waals surface area contributed by atoms with E-state index in [9.17, 15) is 4.79 Å². The first-order chi connectivity index (χ1) is 13.8. The molecule has 2 aliphatic rings. The molecule has 0 aliphatic carbocycles. The lowest BCUT2D eigenvalue weighted by Crippen LogP contribution is -2.36. The van der Waals surface area contributed by atoms with Gasteiger partial charge in [-0.25, -0.2) is 0 Å². The molecule has 28 heavy (non-hydrogen) atoms. The molecule has 4 rings (SSSR count). The Labute approximate surface area is 163 Å². The number of hydrogen-bond donors (Lipinski definition) is 1. The summed E-state index contributed by atoms with van der Waals surface area (Å²) in [5, 5.41) is 11.0. The summed E-state index contributed by atoms with van der Waals surface area (Å²) in [6, 6.07) is 11.2. The fourth-order valence-electron chi connectivity index (χ4n) is 3.27. The number of amides is 1. The van der Waals surface area contributed by atoms with Crippen molar-refractivity contribution in [1.29, 1.82) is 0 Å². The zero-order valence-electron chi connectivity index (χ0n) is 15.7. The lowest BCUT2D eigenvalue weighted by Gasteiger charge is -2.26. The van der Waals surface area contributed by atoms with Crippen molar-refractivity contribution in [2.45, 2.75) is 25.4 Å². The van der Waals surface area contributed by atoms with Gasteiger partial charge in [-0.15, -0.1) is 10.2 Å². The maximum atomic E-state index is 12.0. The Morgan fingerprint density at radius 1 is 1.14 bits per heavy atom. The molecule has 0 spiro atoms. The van der Waals surface area contributed by atoms with Crippen LogP contribution < -0.4 is 24.4 Å². The maximum absolute atomic E-state index is 12.0. The van der Waals surface area contributed by atoms with E-state index in [1.165, 1.54) is 12.8 Å². The number of fused-ring (bicyclic) bond motifs is 1. The van der Waals surface area contributed by atoms with Crippen molar-refractivity contribution in [3.8, 4) is 17.4 Å². The van der Waals surface area contributed by atoms with Gasteiger partial charge in [0.15, 0.2) is 23.9 Å². The molecule has 8 nitrogen and oxygen atoms in total. The van der Waals surface area contributed by atoms with E-state index < -0.39 is 0 Å². The summed E-state index contributed by atoms with van der Waals surface area (Å²) in [7, 11) is 0. The molecular weight excluding hydrogens is 360 g/mol. The average molecular weight is 384 g/mol. The van der Waals surface area contributed by atoms with Gasteiger partial charge in [-0.05, 0) is 31.0 Å². The van der Waals surface area contributed by atoms with Crippen molar-refractivity contribution < 1.29 is 19.0 Å². The van der Waals surface area contributed by atoms with Crippen molar-refractivity contribution in [3.05, 3.63) is 36.4 Å². The van der Waals surface area contributed by atoms with Crippen LogP contribution in [0.4, 0.5) is 5.82 Å². The molecule has 1 saturated heterocycles. The van der Waals surface area contributed by atoms with Crippen LogP contribution in [0.1, 0.15) is 19.3 Å². The van der Waals surface area contributed by atoms with Crippen LogP contribution in [0.25, 0.3) is 0 Å². The predicted molar refractivity (Wildman–Crippen MR) is 103 cm³/mol. The van der Waals surface area contributed by atoms with E-state index in [1.807, 2.05) is 30.3 Å². The second kappa shape index (κ2) is 8.77. The van der Waals surface area contributed by atoms with E-state index in [1.54, 1.807) is 6.07 Å². The first-order valence-electron chi connectivity index (χ1n) is 9.64. The molecule has 1 unspecified atom stereocenters. The Hall–Kier alpha value is -3.03. The normalized spacial score (nSPS) is 18.0. The molecule has 0 radical (unpaired) electrons. The van der Waals surface area contributed by atoms with Crippen LogP contribution in [0.2, 0.25) is 0 Å². The summed E-state index contributed by atoms with van der Waals surface area (Å²) in [6.45, 7) is 2.89. The van der Waals surface area contributed by atoms with Gasteiger partial charge >= 0.3 is 0 Å². The Kier molecular flexibility index (Phi) is 5.75. The first-order valence-corrected chi connectivity index (χ1v) is 9.64. The number of nitrogens with one attached hydrogen (secondary N) is 1. The Balaban J connectivity index is 1.15. The zero-order chi connectivity index (χ0) is 19.2. The molecule has 2 aliphatic heterocycles. The maximum Gasteiger partial charge on any atom is 0.258 e. The number of carbonyl (C=O) groups excluding carboxylic acids is 1. The number of para-hydroxylation sites is 2. The Bertz CT molecular complexity index is 793. The zero-order valence-corrected chi connectivity index (χ0v) is 15.7. The third-order valence-electron chi connectivity index (χ3n) is 4.76. The lowest BCUT2D eigenvalue weighted by molar-refractivity contribution is -0.123. The van der Waals surface area contributed by atoms with Gasteiger partial charge in [-0.1, -0.05) is 12.1 Å². The molecule has 1 atom stereocenters. The van der Waals surface area contributed by atoms with Gasteiger partial charge in [0.2, 0.25) is 5.88 Å². The van der Waals surface area contributed by atoms with E-state index in [0.717, 1.165) is 30.4 Å². The number of aromatic nitrogens is 2. The van der Waals surface area contributed by atoms with Crippen LogP contribution in [0.5, 0.6) is 17.4 Å². The Morgan fingerprint density at radius 3 is 2.75 bits per heavy atom. The molecule has 1 amide bonds. The lowest BCUT2D eigenvalue weighted by atomic mass is 10.2. The molecule has 0 saturated carbocycles. The first kappa shape index (κ1) is 18.3. The SMILES string of the molecule is O=C(COc1ccc(N2CCCC2)nn1)NCCC1COc2ccccc2O1. The monoisotopic (exact) mass is 384 g/mol. The van der Waals surface area contributed by atoms with Crippen LogP contribution in [-0.2, 0) is 4.79 Å². The van der Waals surface area contributed by atoms with Crippen molar-refractivity contribution in [1.82, 2.24) is 15.5 Å². The molecule has 1 aromatic heterocycles. The topological polar surface area (TPSA) is 85.8 Å². The van der Waals surface area contributed by atoms with Gasteiger partial charge in [0.25, 0.3) is 5.91 Å². The molecule has 2 aromatic rings. The number of rotatable bonds is 7. The molecule has 3 heterocycles. The van der Waals surface area contributed by atoms with Crippen LogP contribution in [-0.4, -0.2) is 55.1 Å². The number of anilines is 1. The van der Waals surface area contributed by atoms with E-state index in [-0.39, 0.29) is 18.6 Å². The minimum atomic E-state index is -0.206. The summed E-state index contributed by atoms with van der Waals surface area (Å²) >= 11 is 0.